The number of halogens is 2. The average molecular weight is 313 g/mol. The minimum absolute atomic E-state index is 0.259. The molecule has 1 heterocycles. The summed E-state index contributed by atoms with van der Waals surface area (Å²) in [5, 5.41) is 0.761. The molecule has 108 valence electrons. The molecular weight excluding hydrogens is 295 g/mol. The minimum atomic E-state index is -0.259. The van der Waals surface area contributed by atoms with Gasteiger partial charge < -0.3 is 4.57 Å². The lowest BCUT2D eigenvalue weighted by atomic mass is 9.94. The van der Waals surface area contributed by atoms with Crippen molar-refractivity contribution < 1.29 is 4.39 Å². The lowest BCUT2D eigenvalue weighted by molar-refractivity contribution is 0.361. The molecule has 2 nitrogen and oxygen atoms in total. The number of aromatic nitrogens is 2. The summed E-state index contributed by atoms with van der Waals surface area (Å²) in [6, 6.07) is 5.56. The van der Waals surface area contributed by atoms with Gasteiger partial charge in [-0.3, -0.25) is 0 Å². The number of thioether (sulfide) groups is 1. The predicted octanol–water partition coefficient (Wildman–Crippen LogP) is 4.76. The van der Waals surface area contributed by atoms with Crippen LogP contribution in [0.25, 0.3) is 11.0 Å². The van der Waals surface area contributed by atoms with Crippen LogP contribution in [0.2, 0.25) is 0 Å². The fourth-order valence-electron chi connectivity index (χ4n) is 3.17. The van der Waals surface area contributed by atoms with E-state index in [0.29, 0.717) is 17.4 Å². The second kappa shape index (κ2) is 5.94. The topological polar surface area (TPSA) is 17.8 Å². The molecule has 0 aliphatic heterocycles. The van der Waals surface area contributed by atoms with Crippen molar-refractivity contribution in [2.45, 2.75) is 42.9 Å². The van der Waals surface area contributed by atoms with Crippen molar-refractivity contribution in [3.63, 3.8) is 0 Å². The van der Waals surface area contributed by atoms with E-state index in [-0.39, 0.29) is 5.82 Å². The van der Waals surface area contributed by atoms with Gasteiger partial charge in [0.05, 0.1) is 11.4 Å². The van der Waals surface area contributed by atoms with Crippen LogP contribution in [0.5, 0.6) is 0 Å². The fraction of sp³-hybridized carbons (Fsp3) is 0.533. The third-order valence-electron chi connectivity index (χ3n) is 4.21. The number of benzene rings is 1. The molecule has 0 bridgehead atoms. The van der Waals surface area contributed by atoms with E-state index in [4.69, 9.17) is 11.6 Å². The second-order valence-electron chi connectivity index (χ2n) is 5.31. The Morgan fingerprint density at radius 2 is 2.10 bits per heavy atom. The number of hydrogen-bond acceptors (Lipinski definition) is 2. The Morgan fingerprint density at radius 3 is 2.75 bits per heavy atom. The van der Waals surface area contributed by atoms with Gasteiger partial charge >= 0.3 is 0 Å². The molecule has 0 unspecified atom stereocenters. The largest absolute Gasteiger partial charge is 0.324 e. The van der Waals surface area contributed by atoms with Crippen molar-refractivity contribution in [3.05, 3.63) is 29.8 Å². The molecule has 0 amide bonds. The predicted molar refractivity (Wildman–Crippen MR) is 84.1 cm³/mol. The van der Waals surface area contributed by atoms with E-state index in [1.807, 2.05) is 17.8 Å². The molecule has 0 atom stereocenters. The summed E-state index contributed by atoms with van der Waals surface area (Å²) >= 11 is 7.97. The third kappa shape index (κ3) is 2.44. The van der Waals surface area contributed by atoms with Crippen LogP contribution in [0, 0.1) is 5.82 Å². The SMILES string of the molecule is CSC1CCC(n2c(CCl)nc3c(F)cccc32)CC1. The molecule has 20 heavy (non-hydrogen) atoms. The minimum Gasteiger partial charge on any atom is -0.324 e. The van der Waals surface area contributed by atoms with Crippen molar-refractivity contribution in [2.75, 3.05) is 6.26 Å². The van der Waals surface area contributed by atoms with Gasteiger partial charge in [-0.15, -0.1) is 11.6 Å². The maximum atomic E-state index is 13.9. The molecule has 0 radical (unpaired) electrons. The van der Waals surface area contributed by atoms with Gasteiger partial charge in [0, 0.05) is 11.3 Å². The first-order valence-corrected chi connectivity index (χ1v) is 8.81. The van der Waals surface area contributed by atoms with E-state index >= 15 is 0 Å². The van der Waals surface area contributed by atoms with Gasteiger partial charge in [0.1, 0.15) is 11.3 Å². The smallest absolute Gasteiger partial charge is 0.151 e. The van der Waals surface area contributed by atoms with Gasteiger partial charge in [0.2, 0.25) is 0 Å². The molecule has 1 aromatic carbocycles. The quantitative estimate of drug-likeness (QED) is 0.760. The third-order valence-corrected chi connectivity index (χ3v) is 5.58. The molecule has 1 aliphatic carbocycles. The zero-order chi connectivity index (χ0) is 14.1. The monoisotopic (exact) mass is 312 g/mol. The zero-order valence-corrected chi connectivity index (χ0v) is 13.1. The first-order valence-electron chi connectivity index (χ1n) is 6.98. The summed E-state index contributed by atoms with van der Waals surface area (Å²) < 4.78 is 16.0. The van der Waals surface area contributed by atoms with Crippen LogP contribution >= 0.6 is 23.4 Å². The van der Waals surface area contributed by atoms with Gasteiger partial charge in [-0.1, -0.05) is 6.07 Å². The zero-order valence-electron chi connectivity index (χ0n) is 11.5. The van der Waals surface area contributed by atoms with Crippen LogP contribution in [0.4, 0.5) is 4.39 Å². The lowest BCUT2D eigenvalue weighted by Crippen LogP contribution is -2.20. The molecule has 3 rings (SSSR count). The van der Waals surface area contributed by atoms with Crippen molar-refractivity contribution in [3.8, 4) is 0 Å². The molecule has 1 aliphatic rings. The summed E-state index contributed by atoms with van der Waals surface area (Å²) in [4.78, 5) is 4.40. The maximum Gasteiger partial charge on any atom is 0.151 e. The first-order chi connectivity index (χ1) is 9.74. The highest BCUT2D eigenvalue weighted by molar-refractivity contribution is 7.99. The second-order valence-corrected chi connectivity index (χ2v) is 6.71. The van der Waals surface area contributed by atoms with Gasteiger partial charge in [0.15, 0.2) is 5.82 Å². The van der Waals surface area contributed by atoms with Crippen LogP contribution in [-0.4, -0.2) is 21.1 Å². The molecule has 0 N–H and O–H groups in total. The van der Waals surface area contributed by atoms with E-state index in [9.17, 15) is 4.39 Å². The normalized spacial score (nSPS) is 23.4. The van der Waals surface area contributed by atoms with E-state index in [0.717, 1.165) is 29.4 Å². The highest BCUT2D eigenvalue weighted by atomic mass is 35.5. The van der Waals surface area contributed by atoms with Crippen LogP contribution in [0.15, 0.2) is 18.2 Å². The van der Waals surface area contributed by atoms with Crippen LogP contribution in [-0.2, 0) is 5.88 Å². The molecule has 1 saturated carbocycles. The summed E-state index contributed by atoms with van der Waals surface area (Å²) in [5.74, 6) is 0.862. The number of nitrogens with zero attached hydrogens (tertiary/aromatic N) is 2. The van der Waals surface area contributed by atoms with E-state index in [1.165, 1.54) is 18.9 Å². The molecule has 1 fully saturated rings. The Morgan fingerprint density at radius 1 is 1.35 bits per heavy atom. The Bertz CT molecular complexity index is 605. The Kier molecular flexibility index (Phi) is 4.22. The molecule has 1 aromatic heterocycles. The fourth-order valence-corrected chi connectivity index (χ4v) is 4.10. The number of alkyl halides is 1. The van der Waals surface area contributed by atoms with Gasteiger partial charge in [0.25, 0.3) is 0 Å². The Labute approximate surface area is 127 Å². The van der Waals surface area contributed by atoms with Crippen LogP contribution < -0.4 is 0 Å². The first kappa shape index (κ1) is 14.2. The van der Waals surface area contributed by atoms with E-state index in [1.54, 1.807) is 6.07 Å². The summed E-state index contributed by atoms with van der Waals surface area (Å²) in [6.45, 7) is 0. The Hall–Kier alpha value is -0.740. The number of para-hydroxylation sites is 1. The van der Waals surface area contributed by atoms with Crippen molar-refractivity contribution in [1.29, 1.82) is 0 Å². The van der Waals surface area contributed by atoms with Gasteiger partial charge in [-0.05, 0) is 44.1 Å². The van der Waals surface area contributed by atoms with Crippen LogP contribution in [0.3, 0.4) is 0 Å². The number of imidazole rings is 1. The van der Waals surface area contributed by atoms with Crippen molar-refractivity contribution >= 4 is 34.4 Å². The highest BCUT2D eigenvalue weighted by Crippen LogP contribution is 2.36. The van der Waals surface area contributed by atoms with Crippen molar-refractivity contribution in [1.82, 2.24) is 9.55 Å². The lowest BCUT2D eigenvalue weighted by Gasteiger charge is -2.29. The number of hydrogen-bond donors (Lipinski definition) is 0. The summed E-state index contributed by atoms with van der Waals surface area (Å²) in [7, 11) is 0. The molecular formula is C15H18ClFN2S. The van der Waals surface area contributed by atoms with E-state index in [2.05, 4.69) is 15.8 Å². The molecule has 0 spiro atoms. The summed E-state index contributed by atoms with van der Waals surface area (Å²) in [6.07, 6.45) is 6.84. The van der Waals surface area contributed by atoms with Gasteiger partial charge in [-0.2, -0.15) is 11.8 Å². The standard InChI is InChI=1S/C15H18ClFN2S/c1-20-11-7-5-10(6-8-11)19-13-4-2-3-12(17)15(13)18-14(19)9-16/h2-4,10-11H,5-9H2,1H3. The van der Waals surface area contributed by atoms with E-state index < -0.39 is 0 Å². The number of rotatable bonds is 3. The van der Waals surface area contributed by atoms with Gasteiger partial charge in [-0.25, -0.2) is 9.37 Å². The highest BCUT2D eigenvalue weighted by Gasteiger charge is 2.25. The average Bonchev–Trinajstić information content (AvgIpc) is 2.87. The number of fused-ring (bicyclic) bond motifs is 1. The summed E-state index contributed by atoms with van der Waals surface area (Å²) in [5.41, 5.74) is 1.34. The maximum absolute atomic E-state index is 13.9. The molecule has 5 heteroatoms. The Balaban J connectivity index is 2.00. The van der Waals surface area contributed by atoms with Crippen LogP contribution in [0.1, 0.15) is 37.5 Å². The van der Waals surface area contributed by atoms with Crippen molar-refractivity contribution in [2.24, 2.45) is 0 Å². The molecule has 2 aromatic rings. The molecule has 0 saturated heterocycles.